The van der Waals surface area contributed by atoms with Crippen molar-refractivity contribution >= 4 is 0 Å². The molecular formula is C20H22O5. The molecule has 4 rings (SSSR count). The molecule has 5 heteroatoms. The van der Waals surface area contributed by atoms with Gasteiger partial charge in [-0.1, -0.05) is 60.7 Å². The fourth-order valence-electron chi connectivity index (χ4n) is 3.67. The summed E-state index contributed by atoms with van der Waals surface area (Å²) in [5, 5.41) is 21.0. The van der Waals surface area contributed by atoms with Gasteiger partial charge in [0.25, 0.3) is 0 Å². The monoisotopic (exact) mass is 342 g/mol. The van der Waals surface area contributed by atoms with E-state index < -0.39 is 24.4 Å². The van der Waals surface area contributed by atoms with Crippen LogP contribution in [0.5, 0.6) is 0 Å². The average Bonchev–Trinajstić information content (AvgIpc) is 3.24. The van der Waals surface area contributed by atoms with Crippen LogP contribution in [-0.2, 0) is 26.4 Å². The van der Waals surface area contributed by atoms with E-state index in [0.29, 0.717) is 18.8 Å². The normalized spacial score (nSPS) is 30.3. The standard InChI is InChI=1S/C20H22O5/c21-13-20(22,15-9-5-2-6-10-15)19-18-17(16(25-19)12-24-18)23-11-14-7-3-1-4-8-14/h1-10,16-19,21-22H,11-13H2/t16-,17-,18+,19-,20-/m0/s1. The van der Waals surface area contributed by atoms with Gasteiger partial charge in [0.2, 0.25) is 0 Å². The van der Waals surface area contributed by atoms with Crippen LogP contribution in [0.3, 0.4) is 0 Å². The van der Waals surface area contributed by atoms with Crippen LogP contribution >= 0.6 is 0 Å². The smallest absolute Gasteiger partial charge is 0.141 e. The van der Waals surface area contributed by atoms with E-state index in [2.05, 4.69) is 0 Å². The predicted octanol–water partition coefficient (Wildman–Crippen LogP) is 1.62. The van der Waals surface area contributed by atoms with Gasteiger partial charge in [-0.15, -0.1) is 0 Å². The van der Waals surface area contributed by atoms with E-state index in [1.54, 1.807) is 12.1 Å². The number of aliphatic hydroxyl groups is 2. The van der Waals surface area contributed by atoms with Crippen molar-refractivity contribution in [1.29, 1.82) is 0 Å². The summed E-state index contributed by atoms with van der Waals surface area (Å²) in [5.41, 5.74) is 0.168. The van der Waals surface area contributed by atoms with Crippen LogP contribution in [-0.4, -0.2) is 47.8 Å². The number of rotatable bonds is 6. The molecule has 0 aliphatic carbocycles. The minimum atomic E-state index is -1.52. The molecule has 2 aliphatic heterocycles. The zero-order valence-corrected chi connectivity index (χ0v) is 13.8. The first kappa shape index (κ1) is 16.7. The first-order valence-corrected chi connectivity index (χ1v) is 8.54. The number of fused-ring (bicyclic) bond motifs is 2. The zero-order valence-electron chi connectivity index (χ0n) is 13.8. The highest BCUT2D eigenvalue weighted by atomic mass is 16.7. The second-order valence-corrected chi connectivity index (χ2v) is 6.60. The molecule has 2 aromatic carbocycles. The maximum atomic E-state index is 11.1. The fraction of sp³-hybridized carbons (Fsp3) is 0.400. The number of ether oxygens (including phenoxy) is 3. The minimum absolute atomic E-state index is 0.236. The van der Waals surface area contributed by atoms with E-state index in [4.69, 9.17) is 14.2 Å². The fourth-order valence-corrected chi connectivity index (χ4v) is 3.67. The van der Waals surface area contributed by atoms with Crippen molar-refractivity contribution in [2.45, 2.75) is 36.6 Å². The summed E-state index contributed by atoms with van der Waals surface area (Å²) >= 11 is 0. The Balaban J connectivity index is 1.51. The van der Waals surface area contributed by atoms with Crippen LogP contribution in [0.4, 0.5) is 0 Å². The second kappa shape index (κ2) is 6.86. The van der Waals surface area contributed by atoms with Gasteiger partial charge in [0.1, 0.15) is 30.0 Å². The highest BCUT2D eigenvalue weighted by Gasteiger charge is 2.59. The molecule has 0 aromatic heterocycles. The van der Waals surface area contributed by atoms with Crippen LogP contribution in [0.2, 0.25) is 0 Å². The summed E-state index contributed by atoms with van der Waals surface area (Å²) in [6, 6.07) is 19.0. The van der Waals surface area contributed by atoms with Gasteiger partial charge in [-0.05, 0) is 11.1 Å². The molecule has 2 bridgehead atoms. The molecule has 0 amide bonds. The molecule has 2 aliphatic rings. The molecule has 0 spiro atoms. The quantitative estimate of drug-likeness (QED) is 0.835. The van der Waals surface area contributed by atoms with Gasteiger partial charge < -0.3 is 24.4 Å². The third-order valence-electron chi connectivity index (χ3n) is 5.03. The highest BCUT2D eigenvalue weighted by molar-refractivity contribution is 5.26. The van der Waals surface area contributed by atoms with E-state index in [1.165, 1.54) is 0 Å². The van der Waals surface area contributed by atoms with Crippen LogP contribution < -0.4 is 0 Å². The molecule has 2 N–H and O–H groups in total. The molecule has 2 saturated heterocycles. The van der Waals surface area contributed by atoms with Crippen molar-refractivity contribution in [3.63, 3.8) is 0 Å². The predicted molar refractivity (Wildman–Crippen MR) is 90.8 cm³/mol. The van der Waals surface area contributed by atoms with Crippen LogP contribution in [0, 0.1) is 0 Å². The summed E-state index contributed by atoms with van der Waals surface area (Å²) in [5.74, 6) is 0. The van der Waals surface area contributed by atoms with Gasteiger partial charge in [-0.3, -0.25) is 0 Å². The SMILES string of the molecule is OC[C@](O)(c1ccccc1)[C@H]1O[C@H]2CO[C@@H]1[C@H]2OCc1ccccc1. The third kappa shape index (κ3) is 2.99. The lowest BCUT2D eigenvalue weighted by molar-refractivity contribution is -0.195. The minimum Gasteiger partial charge on any atom is -0.393 e. The largest absolute Gasteiger partial charge is 0.393 e. The summed E-state index contributed by atoms with van der Waals surface area (Å²) in [6.45, 7) is 0.456. The molecular weight excluding hydrogens is 320 g/mol. The lowest BCUT2D eigenvalue weighted by Crippen LogP contribution is -2.51. The average molecular weight is 342 g/mol. The second-order valence-electron chi connectivity index (χ2n) is 6.60. The number of aliphatic hydroxyl groups excluding tert-OH is 1. The Morgan fingerprint density at radius 1 is 1.04 bits per heavy atom. The van der Waals surface area contributed by atoms with Gasteiger partial charge in [-0.25, -0.2) is 0 Å². The maximum absolute atomic E-state index is 11.1. The molecule has 5 atom stereocenters. The topological polar surface area (TPSA) is 68.2 Å². The Hall–Kier alpha value is -1.76. The van der Waals surface area contributed by atoms with Crippen molar-refractivity contribution in [2.75, 3.05) is 13.2 Å². The van der Waals surface area contributed by atoms with Crippen LogP contribution in [0.1, 0.15) is 11.1 Å². The van der Waals surface area contributed by atoms with E-state index >= 15 is 0 Å². The third-order valence-corrected chi connectivity index (χ3v) is 5.03. The molecule has 0 unspecified atom stereocenters. The van der Waals surface area contributed by atoms with E-state index in [1.807, 2.05) is 48.5 Å². The number of hydrogen-bond acceptors (Lipinski definition) is 5. The number of hydrogen-bond donors (Lipinski definition) is 2. The first-order chi connectivity index (χ1) is 12.2. The van der Waals surface area contributed by atoms with Gasteiger partial charge in [0, 0.05) is 0 Å². The van der Waals surface area contributed by atoms with Crippen molar-refractivity contribution in [3.05, 3.63) is 71.8 Å². The summed E-state index contributed by atoms with van der Waals surface area (Å²) in [6.07, 6.45) is -1.57. The molecule has 5 nitrogen and oxygen atoms in total. The van der Waals surface area contributed by atoms with Gasteiger partial charge in [-0.2, -0.15) is 0 Å². The van der Waals surface area contributed by atoms with Crippen molar-refractivity contribution < 1.29 is 24.4 Å². The van der Waals surface area contributed by atoms with Crippen LogP contribution in [0.25, 0.3) is 0 Å². The Bertz CT molecular complexity index is 692. The molecule has 25 heavy (non-hydrogen) atoms. The molecule has 132 valence electrons. The Morgan fingerprint density at radius 3 is 2.40 bits per heavy atom. The van der Waals surface area contributed by atoms with Crippen LogP contribution in [0.15, 0.2) is 60.7 Å². The Labute approximate surface area is 146 Å². The van der Waals surface area contributed by atoms with E-state index in [9.17, 15) is 10.2 Å². The summed E-state index contributed by atoms with van der Waals surface area (Å²) in [7, 11) is 0. The lowest BCUT2D eigenvalue weighted by Gasteiger charge is -2.36. The van der Waals surface area contributed by atoms with Crippen molar-refractivity contribution in [1.82, 2.24) is 0 Å². The summed E-state index contributed by atoms with van der Waals surface area (Å²) < 4.78 is 17.9. The lowest BCUT2D eigenvalue weighted by atomic mass is 9.86. The Kier molecular flexibility index (Phi) is 4.58. The zero-order chi connectivity index (χ0) is 17.3. The first-order valence-electron chi connectivity index (χ1n) is 8.54. The Morgan fingerprint density at radius 2 is 1.72 bits per heavy atom. The molecule has 0 radical (unpaired) electrons. The number of benzene rings is 2. The highest BCUT2D eigenvalue weighted by Crippen LogP contribution is 2.42. The molecule has 2 heterocycles. The van der Waals surface area contributed by atoms with E-state index in [0.717, 1.165) is 5.56 Å². The van der Waals surface area contributed by atoms with Gasteiger partial charge >= 0.3 is 0 Å². The van der Waals surface area contributed by atoms with Crippen molar-refractivity contribution in [3.8, 4) is 0 Å². The van der Waals surface area contributed by atoms with Crippen molar-refractivity contribution in [2.24, 2.45) is 0 Å². The summed E-state index contributed by atoms with van der Waals surface area (Å²) in [4.78, 5) is 0. The molecule has 0 saturated carbocycles. The van der Waals surface area contributed by atoms with E-state index in [-0.39, 0.29) is 12.2 Å². The molecule has 2 fully saturated rings. The van der Waals surface area contributed by atoms with Gasteiger partial charge in [0.05, 0.1) is 19.8 Å². The van der Waals surface area contributed by atoms with Gasteiger partial charge in [0.15, 0.2) is 0 Å². The molecule has 2 aromatic rings. The maximum Gasteiger partial charge on any atom is 0.141 e.